The number of alkyl carbamates (subject to hydrolysis) is 1. The summed E-state index contributed by atoms with van der Waals surface area (Å²) in [5.74, 6) is -2.49. The Kier molecular flexibility index (Phi) is 8.48. The van der Waals surface area contributed by atoms with Gasteiger partial charge in [-0.25, -0.2) is 4.79 Å². The summed E-state index contributed by atoms with van der Waals surface area (Å²) in [4.78, 5) is 45.6. The summed E-state index contributed by atoms with van der Waals surface area (Å²) in [5.41, 5.74) is 0.759. The smallest absolute Gasteiger partial charge is 0.408 e. The van der Waals surface area contributed by atoms with Gasteiger partial charge in [-0.3, -0.25) is 14.4 Å². The van der Waals surface area contributed by atoms with Crippen LogP contribution in [0.1, 0.15) is 18.4 Å². The number of carboxylic acids is 1. The first-order chi connectivity index (χ1) is 11.9. The van der Waals surface area contributed by atoms with E-state index in [2.05, 4.69) is 15.4 Å². The maximum absolute atomic E-state index is 12.0. The minimum Gasteiger partial charge on any atom is -0.481 e. The van der Waals surface area contributed by atoms with Crippen LogP contribution in [0.25, 0.3) is 0 Å². The molecule has 25 heavy (non-hydrogen) atoms. The first-order valence-electron chi connectivity index (χ1n) is 7.46. The van der Waals surface area contributed by atoms with Gasteiger partial charge in [-0.05, 0) is 12.0 Å². The van der Waals surface area contributed by atoms with Crippen molar-refractivity contribution in [1.82, 2.24) is 10.6 Å². The molecule has 0 aliphatic carbocycles. The van der Waals surface area contributed by atoms with E-state index in [1.165, 1.54) is 0 Å². The van der Waals surface area contributed by atoms with Gasteiger partial charge in [-0.2, -0.15) is 0 Å². The van der Waals surface area contributed by atoms with E-state index in [1.54, 1.807) is 24.3 Å². The van der Waals surface area contributed by atoms with E-state index < -0.39 is 30.0 Å². The fourth-order valence-corrected chi connectivity index (χ4v) is 1.80. The average molecular weight is 352 g/mol. The summed E-state index contributed by atoms with van der Waals surface area (Å²) in [7, 11) is 1.16. The Labute approximate surface area is 144 Å². The molecule has 0 bridgehead atoms. The highest BCUT2D eigenvalue weighted by molar-refractivity contribution is 5.88. The molecule has 0 unspecified atom stereocenters. The van der Waals surface area contributed by atoms with Crippen LogP contribution in [0.3, 0.4) is 0 Å². The van der Waals surface area contributed by atoms with E-state index in [1.807, 2.05) is 6.07 Å². The van der Waals surface area contributed by atoms with Gasteiger partial charge in [-0.15, -0.1) is 0 Å². The van der Waals surface area contributed by atoms with Crippen molar-refractivity contribution < 1.29 is 33.8 Å². The second-order valence-corrected chi connectivity index (χ2v) is 4.99. The Hall–Kier alpha value is -3.10. The van der Waals surface area contributed by atoms with Crippen LogP contribution in [-0.2, 0) is 30.5 Å². The summed E-state index contributed by atoms with van der Waals surface area (Å²) < 4.78 is 9.38. The second-order valence-electron chi connectivity index (χ2n) is 4.99. The standard InChI is InChI=1S/C16H20N2O7/c1-24-14(21)9-17-15(22)12(7-8-13(19)20)18-16(23)25-10-11-5-3-2-4-6-11/h2-6,12H,7-10H2,1H3,(H,17,22)(H,18,23)(H,19,20)/t12-/m0/s1. The van der Waals surface area contributed by atoms with E-state index in [0.717, 1.165) is 12.7 Å². The van der Waals surface area contributed by atoms with Gasteiger partial charge in [0.25, 0.3) is 0 Å². The van der Waals surface area contributed by atoms with Crippen LogP contribution in [0.5, 0.6) is 0 Å². The van der Waals surface area contributed by atoms with Crippen molar-refractivity contribution in [2.45, 2.75) is 25.5 Å². The molecule has 0 saturated heterocycles. The molecule has 1 aromatic rings. The Morgan fingerprint density at radius 3 is 2.44 bits per heavy atom. The SMILES string of the molecule is COC(=O)CNC(=O)[C@H](CCC(=O)O)NC(=O)OCc1ccccc1. The number of nitrogens with one attached hydrogen (secondary N) is 2. The normalized spacial score (nSPS) is 11.1. The van der Waals surface area contributed by atoms with Crippen molar-refractivity contribution in [2.75, 3.05) is 13.7 Å². The first-order valence-corrected chi connectivity index (χ1v) is 7.46. The van der Waals surface area contributed by atoms with Gasteiger partial charge in [0.1, 0.15) is 19.2 Å². The molecule has 0 aromatic heterocycles. The molecular formula is C16H20N2O7. The molecule has 9 nitrogen and oxygen atoms in total. The van der Waals surface area contributed by atoms with Gasteiger partial charge in [0, 0.05) is 6.42 Å². The van der Waals surface area contributed by atoms with Gasteiger partial charge in [-0.1, -0.05) is 30.3 Å². The van der Waals surface area contributed by atoms with E-state index >= 15 is 0 Å². The van der Waals surface area contributed by atoms with Crippen molar-refractivity contribution in [2.24, 2.45) is 0 Å². The molecule has 0 fully saturated rings. The molecule has 3 N–H and O–H groups in total. The average Bonchev–Trinajstić information content (AvgIpc) is 2.61. The third kappa shape index (κ3) is 8.35. The van der Waals surface area contributed by atoms with Crippen molar-refractivity contribution in [3.05, 3.63) is 35.9 Å². The Morgan fingerprint density at radius 1 is 1.16 bits per heavy atom. The van der Waals surface area contributed by atoms with Crippen LogP contribution in [-0.4, -0.2) is 48.7 Å². The molecule has 2 amide bonds. The van der Waals surface area contributed by atoms with Gasteiger partial charge >= 0.3 is 18.0 Å². The van der Waals surface area contributed by atoms with E-state index in [-0.39, 0.29) is 26.0 Å². The molecule has 1 rings (SSSR count). The second kappa shape index (κ2) is 10.6. The predicted molar refractivity (Wildman–Crippen MR) is 85.4 cm³/mol. The number of aliphatic carboxylic acids is 1. The lowest BCUT2D eigenvalue weighted by Gasteiger charge is -2.17. The number of carboxylic acid groups (broad SMARTS) is 1. The Morgan fingerprint density at radius 2 is 1.84 bits per heavy atom. The van der Waals surface area contributed by atoms with E-state index in [9.17, 15) is 19.2 Å². The molecule has 0 heterocycles. The zero-order valence-corrected chi connectivity index (χ0v) is 13.7. The number of hydrogen-bond acceptors (Lipinski definition) is 6. The number of ether oxygens (including phenoxy) is 2. The number of rotatable bonds is 9. The monoisotopic (exact) mass is 352 g/mol. The predicted octanol–water partition coefficient (Wildman–Crippen LogP) is 0.435. The lowest BCUT2D eigenvalue weighted by molar-refractivity contribution is -0.141. The number of amides is 2. The summed E-state index contributed by atoms with van der Waals surface area (Å²) in [6, 6.07) is 7.76. The number of methoxy groups -OCH3 is 1. The van der Waals surface area contributed by atoms with E-state index in [4.69, 9.17) is 9.84 Å². The van der Waals surface area contributed by atoms with Crippen LogP contribution >= 0.6 is 0 Å². The van der Waals surface area contributed by atoms with Gasteiger partial charge < -0.3 is 25.2 Å². The summed E-state index contributed by atoms with van der Waals surface area (Å²) >= 11 is 0. The zero-order valence-electron chi connectivity index (χ0n) is 13.7. The lowest BCUT2D eigenvalue weighted by Crippen LogP contribution is -2.48. The van der Waals surface area contributed by atoms with Crippen LogP contribution in [0.15, 0.2) is 30.3 Å². The highest BCUT2D eigenvalue weighted by Gasteiger charge is 2.23. The Bertz CT molecular complexity index is 604. The lowest BCUT2D eigenvalue weighted by atomic mass is 10.1. The number of hydrogen-bond donors (Lipinski definition) is 3. The first kappa shape index (κ1) is 19.9. The molecule has 0 aliphatic heterocycles. The molecular weight excluding hydrogens is 332 g/mol. The number of esters is 1. The summed E-state index contributed by atoms with van der Waals surface area (Å²) in [5, 5.41) is 13.3. The molecule has 9 heteroatoms. The number of carbonyl (C=O) groups is 4. The van der Waals surface area contributed by atoms with Crippen molar-refractivity contribution in [3.63, 3.8) is 0 Å². The van der Waals surface area contributed by atoms with Crippen LogP contribution < -0.4 is 10.6 Å². The number of benzene rings is 1. The number of carbonyl (C=O) groups excluding carboxylic acids is 3. The topological polar surface area (TPSA) is 131 Å². The highest BCUT2D eigenvalue weighted by Crippen LogP contribution is 2.03. The largest absolute Gasteiger partial charge is 0.481 e. The molecule has 0 spiro atoms. The molecule has 1 atom stereocenters. The van der Waals surface area contributed by atoms with Crippen LogP contribution in [0.2, 0.25) is 0 Å². The molecule has 0 aliphatic rings. The quantitative estimate of drug-likeness (QED) is 0.549. The van der Waals surface area contributed by atoms with Gasteiger partial charge in [0.2, 0.25) is 5.91 Å². The minimum absolute atomic E-state index is 0.00209. The van der Waals surface area contributed by atoms with Crippen molar-refractivity contribution >= 4 is 23.9 Å². The highest BCUT2D eigenvalue weighted by atomic mass is 16.5. The molecule has 136 valence electrons. The molecule has 0 saturated carbocycles. The fraction of sp³-hybridized carbons (Fsp3) is 0.375. The third-order valence-electron chi connectivity index (χ3n) is 3.10. The zero-order chi connectivity index (χ0) is 18.7. The van der Waals surface area contributed by atoms with Crippen LogP contribution in [0.4, 0.5) is 4.79 Å². The maximum atomic E-state index is 12.0. The summed E-state index contributed by atoms with van der Waals surface area (Å²) in [6.45, 7) is -0.387. The van der Waals surface area contributed by atoms with Gasteiger partial charge in [0.15, 0.2) is 0 Å². The minimum atomic E-state index is -1.15. The van der Waals surface area contributed by atoms with Crippen molar-refractivity contribution in [3.8, 4) is 0 Å². The fourth-order valence-electron chi connectivity index (χ4n) is 1.80. The van der Waals surface area contributed by atoms with E-state index in [0.29, 0.717) is 0 Å². The van der Waals surface area contributed by atoms with Crippen molar-refractivity contribution in [1.29, 1.82) is 0 Å². The maximum Gasteiger partial charge on any atom is 0.408 e. The molecule has 1 aromatic carbocycles. The van der Waals surface area contributed by atoms with Gasteiger partial charge in [0.05, 0.1) is 7.11 Å². The molecule has 0 radical (unpaired) electrons. The van der Waals surface area contributed by atoms with Crippen LogP contribution in [0, 0.1) is 0 Å². The third-order valence-corrected chi connectivity index (χ3v) is 3.10. The summed E-state index contributed by atoms with van der Waals surface area (Å²) in [6.07, 6.45) is -1.36. The Balaban J connectivity index is 2.55.